The zero-order valence-electron chi connectivity index (χ0n) is 16.7. The Balaban J connectivity index is 1.81. The fraction of sp³-hybridized carbons (Fsp3) is 0.429. The third-order valence-electron chi connectivity index (χ3n) is 5.03. The molecule has 1 saturated heterocycles. The van der Waals surface area contributed by atoms with E-state index in [9.17, 15) is 9.59 Å². The first kappa shape index (κ1) is 19.8. The molecule has 1 aliphatic rings. The van der Waals surface area contributed by atoms with Crippen molar-refractivity contribution < 1.29 is 9.59 Å². The molecule has 2 amide bonds. The van der Waals surface area contributed by atoms with Gasteiger partial charge in [-0.05, 0) is 12.0 Å². The van der Waals surface area contributed by atoms with Crippen molar-refractivity contribution in [2.45, 2.75) is 32.4 Å². The van der Waals surface area contributed by atoms with Crippen molar-refractivity contribution in [3.05, 3.63) is 54.0 Å². The smallest absolute Gasteiger partial charge is 0.273 e. The molecule has 28 heavy (non-hydrogen) atoms. The lowest BCUT2D eigenvalue weighted by Gasteiger charge is -2.31. The van der Waals surface area contributed by atoms with Crippen molar-refractivity contribution in [1.82, 2.24) is 19.8 Å². The Labute approximate surface area is 166 Å². The molecule has 1 aromatic carbocycles. The standard InChI is InChI=1S/C21H27N5O2/c1-4-17-15-25(19-13-22-12-18(23-19)21(28)24(2)3)11-10-20(27)26(17)14-16-8-6-5-7-9-16/h5-9,12-13,17H,4,10-11,14-15H2,1-3H3/t17-/m1/s1. The first-order valence-corrected chi connectivity index (χ1v) is 9.61. The molecule has 0 N–H and O–H groups in total. The molecule has 2 aromatic rings. The van der Waals surface area contributed by atoms with E-state index in [0.29, 0.717) is 37.6 Å². The van der Waals surface area contributed by atoms with Crippen LogP contribution in [0.25, 0.3) is 0 Å². The zero-order valence-corrected chi connectivity index (χ0v) is 16.7. The molecule has 3 rings (SSSR count). The fourth-order valence-corrected chi connectivity index (χ4v) is 3.42. The highest BCUT2D eigenvalue weighted by molar-refractivity contribution is 5.92. The Morgan fingerprint density at radius 2 is 1.96 bits per heavy atom. The molecule has 0 radical (unpaired) electrons. The van der Waals surface area contributed by atoms with E-state index in [1.807, 2.05) is 35.2 Å². The third-order valence-corrected chi connectivity index (χ3v) is 5.03. The van der Waals surface area contributed by atoms with Gasteiger partial charge in [-0.2, -0.15) is 0 Å². The van der Waals surface area contributed by atoms with Crippen LogP contribution in [0, 0.1) is 0 Å². The minimum atomic E-state index is -0.182. The maximum absolute atomic E-state index is 12.8. The SMILES string of the molecule is CC[C@@H]1CN(c2cncc(C(=O)N(C)C)n2)CCC(=O)N1Cc1ccccc1. The number of carbonyl (C=O) groups is 2. The van der Waals surface area contributed by atoms with E-state index in [4.69, 9.17) is 0 Å². The number of nitrogens with zero attached hydrogens (tertiary/aromatic N) is 5. The first-order valence-electron chi connectivity index (χ1n) is 9.61. The number of aromatic nitrogens is 2. The number of hydrogen-bond donors (Lipinski definition) is 0. The van der Waals surface area contributed by atoms with Crippen LogP contribution >= 0.6 is 0 Å². The fourth-order valence-electron chi connectivity index (χ4n) is 3.42. The molecule has 1 fully saturated rings. The number of anilines is 1. The summed E-state index contributed by atoms with van der Waals surface area (Å²) >= 11 is 0. The Morgan fingerprint density at radius 1 is 1.21 bits per heavy atom. The molecule has 1 aromatic heterocycles. The lowest BCUT2D eigenvalue weighted by molar-refractivity contribution is -0.133. The molecular formula is C21H27N5O2. The third kappa shape index (κ3) is 4.47. The van der Waals surface area contributed by atoms with Gasteiger partial charge in [0.15, 0.2) is 0 Å². The van der Waals surface area contributed by atoms with E-state index >= 15 is 0 Å². The predicted molar refractivity (Wildman–Crippen MR) is 108 cm³/mol. The van der Waals surface area contributed by atoms with E-state index in [2.05, 4.69) is 21.8 Å². The number of rotatable bonds is 5. The highest BCUT2D eigenvalue weighted by atomic mass is 16.2. The van der Waals surface area contributed by atoms with Gasteiger partial charge in [-0.25, -0.2) is 4.98 Å². The summed E-state index contributed by atoms with van der Waals surface area (Å²) in [5.41, 5.74) is 1.44. The van der Waals surface area contributed by atoms with Gasteiger partial charge in [0.25, 0.3) is 5.91 Å². The summed E-state index contributed by atoms with van der Waals surface area (Å²) in [4.78, 5) is 39.3. The minimum absolute atomic E-state index is 0.0743. The van der Waals surface area contributed by atoms with Gasteiger partial charge in [-0.15, -0.1) is 0 Å². The summed E-state index contributed by atoms with van der Waals surface area (Å²) in [6.45, 7) is 3.94. The van der Waals surface area contributed by atoms with E-state index in [0.717, 1.165) is 12.0 Å². The van der Waals surface area contributed by atoms with Gasteiger partial charge in [0.2, 0.25) is 5.91 Å². The molecule has 7 nitrogen and oxygen atoms in total. The second kappa shape index (κ2) is 8.82. The minimum Gasteiger partial charge on any atom is -0.353 e. The number of amides is 2. The van der Waals surface area contributed by atoms with Crippen molar-refractivity contribution in [2.24, 2.45) is 0 Å². The Kier molecular flexibility index (Phi) is 6.23. The molecular weight excluding hydrogens is 354 g/mol. The summed E-state index contributed by atoms with van der Waals surface area (Å²) in [7, 11) is 3.38. The van der Waals surface area contributed by atoms with Gasteiger partial charge < -0.3 is 14.7 Å². The van der Waals surface area contributed by atoms with Crippen LogP contribution in [-0.2, 0) is 11.3 Å². The van der Waals surface area contributed by atoms with Crippen LogP contribution in [0.15, 0.2) is 42.7 Å². The Bertz CT molecular complexity index is 825. The highest BCUT2D eigenvalue weighted by Gasteiger charge is 2.29. The van der Waals surface area contributed by atoms with Gasteiger partial charge in [0.05, 0.1) is 12.4 Å². The van der Waals surface area contributed by atoms with Crippen molar-refractivity contribution in [1.29, 1.82) is 0 Å². The van der Waals surface area contributed by atoms with Gasteiger partial charge >= 0.3 is 0 Å². The van der Waals surface area contributed by atoms with E-state index in [-0.39, 0.29) is 17.9 Å². The summed E-state index contributed by atoms with van der Waals surface area (Å²) in [6, 6.07) is 10.1. The first-order chi connectivity index (χ1) is 13.5. The van der Waals surface area contributed by atoms with Crippen molar-refractivity contribution in [3.8, 4) is 0 Å². The quantitative estimate of drug-likeness (QED) is 0.794. The summed E-state index contributed by atoms with van der Waals surface area (Å²) in [6.07, 6.45) is 4.40. The molecule has 0 saturated carbocycles. The topological polar surface area (TPSA) is 69.6 Å². The number of hydrogen-bond acceptors (Lipinski definition) is 5. The normalized spacial score (nSPS) is 17.4. The van der Waals surface area contributed by atoms with Crippen LogP contribution in [0.2, 0.25) is 0 Å². The predicted octanol–water partition coefficient (Wildman–Crippen LogP) is 2.20. The molecule has 7 heteroatoms. The van der Waals surface area contributed by atoms with Crippen molar-refractivity contribution >= 4 is 17.6 Å². The molecule has 0 bridgehead atoms. The summed E-state index contributed by atoms with van der Waals surface area (Å²) in [5.74, 6) is 0.602. The van der Waals surface area contributed by atoms with Gasteiger partial charge in [0, 0.05) is 46.2 Å². The summed E-state index contributed by atoms with van der Waals surface area (Å²) in [5, 5.41) is 0. The second-order valence-electron chi connectivity index (χ2n) is 7.23. The maximum Gasteiger partial charge on any atom is 0.273 e. The van der Waals surface area contributed by atoms with Crippen molar-refractivity contribution in [3.63, 3.8) is 0 Å². The molecule has 1 aliphatic heterocycles. The second-order valence-corrected chi connectivity index (χ2v) is 7.23. The van der Waals surface area contributed by atoms with Crippen molar-refractivity contribution in [2.75, 3.05) is 32.1 Å². The monoisotopic (exact) mass is 381 g/mol. The van der Waals surface area contributed by atoms with Crippen LogP contribution in [0.5, 0.6) is 0 Å². The molecule has 0 spiro atoms. The van der Waals surface area contributed by atoms with Crippen LogP contribution in [-0.4, -0.2) is 64.8 Å². The molecule has 1 atom stereocenters. The number of carbonyl (C=O) groups excluding carboxylic acids is 2. The summed E-state index contributed by atoms with van der Waals surface area (Å²) < 4.78 is 0. The van der Waals surface area contributed by atoms with Crippen LogP contribution in [0.1, 0.15) is 35.8 Å². The lowest BCUT2D eigenvalue weighted by Crippen LogP contribution is -2.42. The van der Waals surface area contributed by atoms with Gasteiger partial charge in [-0.3, -0.25) is 14.6 Å². The molecule has 148 valence electrons. The zero-order chi connectivity index (χ0) is 20.1. The lowest BCUT2D eigenvalue weighted by atomic mass is 10.1. The van der Waals surface area contributed by atoms with Gasteiger partial charge in [0.1, 0.15) is 11.5 Å². The Hall–Kier alpha value is -2.96. The van der Waals surface area contributed by atoms with Gasteiger partial charge in [-0.1, -0.05) is 37.3 Å². The van der Waals surface area contributed by atoms with E-state index in [1.54, 1.807) is 20.3 Å². The molecule has 2 heterocycles. The average Bonchev–Trinajstić information content (AvgIpc) is 2.87. The van der Waals surface area contributed by atoms with Crippen LogP contribution in [0.3, 0.4) is 0 Å². The largest absolute Gasteiger partial charge is 0.353 e. The van der Waals surface area contributed by atoms with Crippen LogP contribution < -0.4 is 4.90 Å². The molecule has 0 unspecified atom stereocenters. The average molecular weight is 381 g/mol. The Morgan fingerprint density at radius 3 is 2.64 bits per heavy atom. The van der Waals surface area contributed by atoms with E-state index in [1.165, 1.54) is 11.1 Å². The number of benzene rings is 1. The van der Waals surface area contributed by atoms with Crippen LogP contribution in [0.4, 0.5) is 5.82 Å². The maximum atomic E-state index is 12.8. The highest BCUT2D eigenvalue weighted by Crippen LogP contribution is 2.21. The molecule has 0 aliphatic carbocycles. The van der Waals surface area contributed by atoms with E-state index < -0.39 is 0 Å².